The first kappa shape index (κ1) is 14.9. The van der Waals surface area contributed by atoms with E-state index in [2.05, 4.69) is 12.0 Å². The summed E-state index contributed by atoms with van der Waals surface area (Å²) in [6.07, 6.45) is 7.30. The van der Waals surface area contributed by atoms with Crippen molar-refractivity contribution in [2.24, 2.45) is 7.05 Å². The van der Waals surface area contributed by atoms with Gasteiger partial charge in [-0.3, -0.25) is 9.48 Å². The molecule has 0 fully saturated rings. The van der Waals surface area contributed by atoms with Crippen LogP contribution in [0.25, 0.3) is 0 Å². The molecular formula is C15H26N2O. The molecule has 0 spiro atoms. The van der Waals surface area contributed by atoms with Gasteiger partial charge < -0.3 is 0 Å². The summed E-state index contributed by atoms with van der Waals surface area (Å²) in [7, 11) is 1.93. The van der Waals surface area contributed by atoms with E-state index >= 15 is 0 Å². The van der Waals surface area contributed by atoms with E-state index in [0.717, 1.165) is 29.8 Å². The Hall–Kier alpha value is -1.12. The predicted molar refractivity (Wildman–Crippen MR) is 74.8 cm³/mol. The molecule has 0 atom stereocenters. The molecule has 0 aromatic carbocycles. The Bertz CT molecular complexity index is 393. The normalized spacial score (nSPS) is 10.9. The number of carbonyl (C=O) groups is 1. The van der Waals surface area contributed by atoms with Crippen molar-refractivity contribution in [3.8, 4) is 0 Å². The monoisotopic (exact) mass is 250 g/mol. The van der Waals surface area contributed by atoms with E-state index in [-0.39, 0.29) is 0 Å². The van der Waals surface area contributed by atoms with Crippen LogP contribution in [0.5, 0.6) is 0 Å². The fourth-order valence-corrected chi connectivity index (χ4v) is 2.28. The van der Waals surface area contributed by atoms with Crippen molar-refractivity contribution in [1.82, 2.24) is 9.78 Å². The molecule has 18 heavy (non-hydrogen) atoms. The smallest absolute Gasteiger partial charge is 0.137 e. The molecule has 3 heteroatoms. The third-order valence-corrected chi connectivity index (χ3v) is 3.59. The molecule has 102 valence electrons. The maximum Gasteiger partial charge on any atom is 0.137 e. The molecule has 0 unspecified atom stereocenters. The number of nitrogens with zero attached hydrogens (tertiary/aromatic N) is 2. The van der Waals surface area contributed by atoms with Gasteiger partial charge in [0.05, 0.1) is 5.69 Å². The van der Waals surface area contributed by atoms with E-state index in [0.29, 0.717) is 12.2 Å². The first-order valence-corrected chi connectivity index (χ1v) is 7.07. The lowest BCUT2D eigenvalue weighted by Gasteiger charge is -2.02. The highest BCUT2D eigenvalue weighted by atomic mass is 16.1. The van der Waals surface area contributed by atoms with E-state index in [1.54, 1.807) is 0 Å². The van der Waals surface area contributed by atoms with Crippen LogP contribution in [0.1, 0.15) is 62.4 Å². The highest BCUT2D eigenvalue weighted by Crippen LogP contribution is 2.14. The van der Waals surface area contributed by atoms with Crippen LogP contribution in [-0.4, -0.2) is 15.6 Å². The molecule has 0 saturated heterocycles. The Morgan fingerprint density at radius 1 is 1.17 bits per heavy atom. The Morgan fingerprint density at radius 2 is 1.83 bits per heavy atom. The van der Waals surface area contributed by atoms with Gasteiger partial charge in [0, 0.05) is 31.1 Å². The van der Waals surface area contributed by atoms with Crippen LogP contribution in [-0.2, 0) is 18.3 Å². The van der Waals surface area contributed by atoms with Crippen LogP contribution in [0.4, 0.5) is 0 Å². The zero-order valence-electron chi connectivity index (χ0n) is 12.3. The number of rotatable bonds is 8. The molecule has 0 amide bonds. The summed E-state index contributed by atoms with van der Waals surface area (Å²) in [6, 6.07) is 0. The molecule has 0 aliphatic rings. The molecule has 1 aromatic rings. The van der Waals surface area contributed by atoms with Gasteiger partial charge in [0.25, 0.3) is 0 Å². The lowest BCUT2D eigenvalue weighted by Crippen LogP contribution is -2.04. The van der Waals surface area contributed by atoms with Gasteiger partial charge in [-0.05, 0) is 20.3 Å². The van der Waals surface area contributed by atoms with E-state index in [1.807, 2.05) is 25.6 Å². The summed E-state index contributed by atoms with van der Waals surface area (Å²) in [4.78, 5) is 11.9. The van der Waals surface area contributed by atoms with Crippen molar-refractivity contribution in [3.05, 3.63) is 17.0 Å². The fraction of sp³-hybridized carbons (Fsp3) is 0.733. The molecule has 0 N–H and O–H groups in total. The van der Waals surface area contributed by atoms with E-state index < -0.39 is 0 Å². The Balaban J connectivity index is 2.36. The third-order valence-electron chi connectivity index (χ3n) is 3.59. The minimum Gasteiger partial charge on any atom is -0.299 e. The lowest BCUT2D eigenvalue weighted by molar-refractivity contribution is -0.118. The van der Waals surface area contributed by atoms with Crippen LogP contribution in [0.3, 0.4) is 0 Å². The number of aryl methyl sites for hydroxylation is 2. The summed E-state index contributed by atoms with van der Waals surface area (Å²) in [5.41, 5.74) is 3.23. The molecule has 0 aliphatic heterocycles. The first-order chi connectivity index (χ1) is 8.56. The number of Topliss-reactive ketones (excluding diaryl/α,β-unsaturated/α-hetero) is 1. The summed E-state index contributed by atoms with van der Waals surface area (Å²) >= 11 is 0. The predicted octanol–water partition coefficient (Wildman–Crippen LogP) is 3.51. The average molecular weight is 250 g/mol. The fourth-order valence-electron chi connectivity index (χ4n) is 2.28. The Kier molecular flexibility index (Phi) is 6.10. The minimum atomic E-state index is 0.352. The zero-order valence-corrected chi connectivity index (χ0v) is 12.3. The second-order valence-corrected chi connectivity index (χ2v) is 5.15. The minimum absolute atomic E-state index is 0.352. The highest BCUT2D eigenvalue weighted by Gasteiger charge is 2.12. The maximum atomic E-state index is 11.9. The number of aromatic nitrogens is 2. The van der Waals surface area contributed by atoms with Gasteiger partial charge >= 0.3 is 0 Å². The second kappa shape index (κ2) is 7.34. The quantitative estimate of drug-likeness (QED) is 0.662. The van der Waals surface area contributed by atoms with E-state index in [9.17, 15) is 4.79 Å². The summed E-state index contributed by atoms with van der Waals surface area (Å²) in [5, 5.41) is 4.35. The SMILES string of the molecule is CCCCCCCC(=O)Cc1c(C)nn(C)c1C. The summed E-state index contributed by atoms with van der Waals surface area (Å²) in [6.45, 7) is 6.22. The number of hydrogen-bond acceptors (Lipinski definition) is 2. The molecule has 0 bridgehead atoms. The van der Waals surface area contributed by atoms with Crippen molar-refractivity contribution < 1.29 is 4.79 Å². The molecule has 3 nitrogen and oxygen atoms in total. The van der Waals surface area contributed by atoms with Crippen molar-refractivity contribution in [3.63, 3.8) is 0 Å². The molecule has 0 saturated carbocycles. The lowest BCUT2D eigenvalue weighted by atomic mass is 10.0. The third kappa shape index (κ3) is 4.28. The van der Waals surface area contributed by atoms with Crippen LogP contribution in [0.2, 0.25) is 0 Å². The Labute approximate surface area is 111 Å². The van der Waals surface area contributed by atoms with Gasteiger partial charge in [-0.2, -0.15) is 5.10 Å². The van der Waals surface area contributed by atoms with Gasteiger partial charge in [0.2, 0.25) is 0 Å². The standard InChI is InChI=1S/C15H26N2O/c1-5-6-7-8-9-10-14(18)11-15-12(2)16-17(4)13(15)3/h5-11H2,1-4H3. The van der Waals surface area contributed by atoms with Crippen LogP contribution in [0, 0.1) is 13.8 Å². The summed E-state index contributed by atoms with van der Waals surface area (Å²) < 4.78 is 1.86. The highest BCUT2D eigenvalue weighted by molar-refractivity contribution is 5.81. The molecular weight excluding hydrogens is 224 g/mol. The number of unbranched alkanes of at least 4 members (excludes halogenated alkanes) is 4. The van der Waals surface area contributed by atoms with Crippen molar-refractivity contribution in [2.45, 2.75) is 65.7 Å². The molecule has 0 aliphatic carbocycles. The zero-order chi connectivity index (χ0) is 13.5. The molecule has 1 aromatic heterocycles. The van der Waals surface area contributed by atoms with Crippen LogP contribution in [0.15, 0.2) is 0 Å². The van der Waals surface area contributed by atoms with Crippen molar-refractivity contribution in [2.75, 3.05) is 0 Å². The van der Waals surface area contributed by atoms with E-state index in [1.165, 1.54) is 25.7 Å². The topological polar surface area (TPSA) is 34.9 Å². The largest absolute Gasteiger partial charge is 0.299 e. The van der Waals surface area contributed by atoms with Gasteiger partial charge in [-0.25, -0.2) is 0 Å². The maximum absolute atomic E-state index is 11.9. The van der Waals surface area contributed by atoms with Crippen molar-refractivity contribution >= 4 is 5.78 Å². The van der Waals surface area contributed by atoms with Gasteiger partial charge in [0.1, 0.15) is 5.78 Å². The average Bonchev–Trinajstić information content (AvgIpc) is 2.56. The number of carbonyl (C=O) groups excluding carboxylic acids is 1. The Morgan fingerprint density at radius 3 is 2.39 bits per heavy atom. The number of hydrogen-bond donors (Lipinski definition) is 0. The van der Waals surface area contributed by atoms with Gasteiger partial charge in [-0.15, -0.1) is 0 Å². The number of ketones is 1. The van der Waals surface area contributed by atoms with E-state index in [4.69, 9.17) is 0 Å². The summed E-state index contributed by atoms with van der Waals surface area (Å²) in [5.74, 6) is 0.352. The van der Waals surface area contributed by atoms with Gasteiger partial charge in [0.15, 0.2) is 0 Å². The molecule has 1 rings (SSSR count). The molecule has 1 heterocycles. The van der Waals surface area contributed by atoms with Crippen LogP contribution >= 0.6 is 0 Å². The van der Waals surface area contributed by atoms with Crippen LogP contribution < -0.4 is 0 Å². The first-order valence-electron chi connectivity index (χ1n) is 7.07. The van der Waals surface area contributed by atoms with Crippen molar-refractivity contribution in [1.29, 1.82) is 0 Å². The van der Waals surface area contributed by atoms with Gasteiger partial charge in [-0.1, -0.05) is 32.6 Å². The molecule has 0 radical (unpaired) electrons. The second-order valence-electron chi connectivity index (χ2n) is 5.15.